The SMILES string of the molecule is Cc1cc(C(=O)N2Cc3nccn3C[C@@H](CN3CCCC3=O)C2)no1. The number of imidazole rings is 1. The predicted molar refractivity (Wildman–Crippen MR) is 87.5 cm³/mol. The Labute approximate surface area is 145 Å². The summed E-state index contributed by atoms with van der Waals surface area (Å²) < 4.78 is 7.12. The third-order valence-corrected chi connectivity index (χ3v) is 4.85. The molecule has 8 nitrogen and oxygen atoms in total. The van der Waals surface area contributed by atoms with Crippen molar-refractivity contribution >= 4 is 11.8 Å². The Balaban J connectivity index is 1.56. The molecule has 2 amide bonds. The van der Waals surface area contributed by atoms with Gasteiger partial charge >= 0.3 is 0 Å². The lowest BCUT2D eigenvalue weighted by Crippen LogP contribution is -2.39. The van der Waals surface area contributed by atoms with E-state index in [0.29, 0.717) is 37.5 Å². The van der Waals surface area contributed by atoms with Crippen LogP contribution in [-0.4, -0.2) is 56.0 Å². The minimum Gasteiger partial charge on any atom is -0.361 e. The quantitative estimate of drug-likeness (QED) is 0.832. The van der Waals surface area contributed by atoms with E-state index in [2.05, 4.69) is 14.7 Å². The Morgan fingerprint density at radius 1 is 1.40 bits per heavy atom. The maximum atomic E-state index is 12.8. The summed E-state index contributed by atoms with van der Waals surface area (Å²) in [6.07, 6.45) is 5.23. The van der Waals surface area contributed by atoms with Crippen molar-refractivity contribution in [3.05, 3.63) is 35.7 Å². The number of carbonyl (C=O) groups excluding carboxylic acids is 2. The number of likely N-dealkylation sites (tertiary alicyclic amines) is 1. The number of hydrogen-bond acceptors (Lipinski definition) is 5. The minimum absolute atomic E-state index is 0.161. The van der Waals surface area contributed by atoms with Crippen LogP contribution >= 0.6 is 0 Å². The molecule has 1 saturated heterocycles. The van der Waals surface area contributed by atoms with Crippen molar-refractivity contribution in [1.29, 1.82) is 0 Å². The Hall–Kier alpha value is -2.64. The Bertz CT molecular complexity index is 796. The molecule has 0 unspecified atom stereocenters. The van der Waals surface area contributed by atoms with Gasteiger partial charge in [-0.3, -0.25) is 9.59 Å². The zero-order chi connectivity index (χ0) is 17.4. The van der Waals surface area contributed by atoms with Gasteiger partial charge in [-0.1, -0.05) is 5.16 Å². The highest BCUT2D eigenvalue weighted by Gasteiger charge is 2.30. The lowest BCUT2D eigenvalue weighted by atomic mass is 10.1. The lowest BCUT2D eigenvalue weighted by molar-refractivity contribution is -0.128. The molecule has 0 aliphatic carbocycles. The van der Waals surface area contributed by atoms with E-state index in [1.807, 2.05) is 11.1 Å². The van der Waals surface area contributed by atoms with Crippen molar-refractivity contribution in [3.63, 3.8) is 0 Å². The smallest absolute Gasteiger partial charge is 0.276 e. The van der Waals surface area contributed by atoms with Gasteiger partial charge in [0.05, 0.1) is 6.54 Å². The van der Waals surface area contributed by atoms with Crippen LogP contribution in [0, 0.1) is 12.8 Å². The normalized spacial score (nSPS) is 20.7. The molecule has 1 fully saturated rings. The zero-order valence-corrected chi connectivity index (χ0v) is 14.2. The van der Waals surface area contributed by atoms with Crippen LogP contribution in [0.3, 0.4) is 0 Å². The number of fused-ring (bicyclic) bond motifs is 1. The first-order valence-electron chi connectivity index (χ1n) is 8.60. The second-order valence-electron chi connectivity index (χ2n) is 6.81. The van der Waals surface area contributed by atoms with Gasteiger partial charge in [0.15, 0.2) is 5.69 Å². The molecule has 0 aromatic carbocycles. The number of nitrogens with zero attached hydrogens (tertiary/aromatic N) is 5. The fourth-order valence-corrected chi connectivity index (χ4v) is 3.65. The van der Waals surface area contributed by atoms with Crippen molar-refractivity contribution in [1.82, 2.24) is 24.5 Å². The standard InChI is InChI=1S/C17H21N5O3/c1-12-7-14(19-25-12)17(24)22-10-13(9-21-5-2-3-16(21)23)8-20-6-4-18-15(20)11-22/h4,6-7,13H,2-3,5,8-11H2,1H3/t13-/m0/s1. The van der Waals surface area contributed by atoms with Gasteiger partial charge in [0, 0.05) is 57.0 Å². The van der Waals surface area contributed by atoms with Crippen LogP contribution in [-0.2, 0) is 17.9 Å². The second-order valence-corrected chi connectivity index (χ2v) is 6.81. The van der Waals surface area contributed by atoms with E-state index in [-0.39, 0.29) is 17.7 Å². The molecule has 4 heterocycles. The Morgan fingerprint density at radius 2 is 2.28 bits per heavy atom. The van der Waals surface area contributed by atoms with E-state index >= 15 is 0 Å². The van der Waals surface area contributed by atoms with E-state index in [4.69, 9.17) is 4.52 Å². The van der Waals surface area contributed by atoms with E-state index in [9.17, 15) is 9.59 Å². The summed E-state index contributed by atoms with van der Waals surface area (Å²) >= 11 is 0. The summed E-state index contributed by atoms with van der Waals surface area (Å²) in [5.41, 5.74) is 0.313. The molecule has 0 N–H and O–H groups in total. The average Bonchev–Trinajstić information content (AvgIpc) is 3.28. The number of aromatic nitrogens is 3. The zero-order valence-electron chi connectivity index (χ0n) is 14.2. The Morgan fingerprint density at radius 3 is 3.00 bits per heavy atom. The third-order valence-electron chi connectivity index (χ3n) is 4.85. The molecule has 2 aliphatic rings. The number of aryl methyl sites for hydroxylation is 1. The molecular formula is C17H21N5O3. The lowest BCUT2D eigenvalue weighted by Gasteiger charge is -2.26. The number of amides is 2. The van der Waals surface area contributed by atoms with E-state index in [1.165, 1.54) is 0 Å². The predicted octanol–water partition coefficient (Wildman–Crippen LogP) is 1.07. The third kappa shape index (κ3) is 3.16. The van der Waals surface area contributed by atoms with Crippen LogP contribution in [0.2, 0.25) is 0 Å². The van der Waals surface area contributed by atoms with Crippen LogP contribution < -0.4 is 0 Å². The summed E-state index contributed by atoms with van der Waals surface area (Å²) in [7, 11) is 0. The Kier molecular flexibility index (Phi) is 4.03. The van der Waals surface area contributed by atoms with Gasteiger partial charge in [-0.15, -0.1) is 0 Å². The van der Waals surface area contributed by atoms with Crippen LogP contribution in [0.4, 0.5) is 0 Å². The highest BCUT2D eigenvalue weighted by molar-refractivity contribution is 5.92. The van der Waals surface area contributed by atoms with Crippen LogP contribution in [0.25, 0.3) is 0 Å². The van der Waals surface area contributed by atoms with Gasteiger partial charge in [-0.2, -0.15) is 0 Å². The molecule has 2 aromatic heterocycles. The summed E-state index contributed by atoms with van der Waals surface area (Å²) in [5, 5.41) is 3.85. The van der Waals surface area contributed by atoms with E-state index < -0.39 is 0 Å². The molecule has 2 aromatic rings. The monoisotopic (exact) mass is 343 g/mol. The van der Waals surface area contributed by atoms with Gasteiger partial charge in [0.2, 0.25) is 5.91 Å². The van der Waals surface area contributed by atoms with Crippen molar-refractivity contribution in [2.45, 2.75) is 32.9 Å². The molecule has 0 bridgehead atoms. The first-order valence-corrected chi connectivity index (χ1v) is 8.60. The fraction of sp³-hybridized carbons (Fsp3) is 0.529. The first-order chi connectivity index (χ1) is 12.1. The van der Waals surface area contributed by atoms with Crippen LogP contribution in [0.1, 0.15) is 34.9 Å². The summed E-state index contributed by atoms with van der Waals surface area (Å²) in [4.78, 5) is 32.8. The van der Waals surface area contributed by atoms with Gasteiger partial charge in [0.1, 0.15) is 11.6 Å². The van der Waals surface area contributed by atoms with Gasteiger partial charge < -0.3 is 18.9 Å². The second kappa shape index (κ2) is 6.34. The van der Waals surface area contributed by atoms with Gasteiger partial charge in [0.25, 0.3) is 5.91 Å². The molecule has 8 heteroatoms. The van der Waals surface area contributed by atoms with Crippen molar-refractivity contribution < 1.29 is 14.1 Å². The fourth-order valence-electron chi connectivity index (χ4n) is 3.65. The van der Waals surface area contributed by atoms with Crippen LogP contribution in [0.5, 0.6) is 0 Å². The molecule has 4 rings (SSSR count). The summed E-state index contributed by atoms with van der Waals surface area (Å²) in [6, 6.07) is 1.65. The average molecular weight is 343 g/mol. The first kappa shape index (κ1) is 15.9. The molecule has 25 heavy (non-hydrogen) atoms. The van der Waals surface area contributed by atoms with Crippen molar-refractivity contribution in [3.8, 4) is 0 Å². The molecule has 0 spiro atoms. The summed E-state index contributed by atoms with van der Waals surface area (Å²) in [5.74, 6) is 1.67. The van der Waals surface area contributed by atoms with Crippen LogP contribution in [0.15, 0.2) is 23.0 Å². The minimum atomic E-state index is -0.161. The van der Waals surface area contributed by atoms with Crippen molar-refractivity contribution in [2.75, 3.05) is 19.6 Å². The maximum absolute atomic E-state index is 12.8. The van der Waals surface area contributed by atoms with Gasteiger partial charge in [-0.05, 0) is 13.3 Å². The van der Waals surface area contributed by atoms with Gasteiger partial charge in [-0.25, -0.2) is 4.98 Å². The molecule has 2 aliphatic heterocycles. The maximum Gasteiger partial charge on any atom is 0.276 e. The van der Waals surface area contributed by atoms with E-state index in [1.54, 1.807) is 24.1 Å². The van der Waals surface area contributed by atoms with Crippen molar-refractivity contribution in [2.24, 2.45) is 5.92 Å². The number of rotatable bonds is 3. The molecule has 1 atom stereocenters. The molecular weight excluding hydrogens is 322 g/mol. The molecule has 132 valence electrons. The molecule has 0 saturated carbocycles. The topological polar surface area (TPSA) is 84.5 Å². The summed E-state index contributed by atoms with van der Waals surface area (Å²) in [6.45, 7) is 4.99. The largest absolute Gasteiger partial charge is 0.361 e. The van der Waals surface area contributed by atoms with E-state index in [0.717, 1.165) is 25.3 Å². The number of carbonyl (C=O) groups is 2. The molecule has 0 radical (unpaired) electrons. The highest BCUT2D eigenvalue weighted by atomic mass is 16.5. The highest BCUT2D eigenvalue weighted by Crippen LogP contribution is 2.21. The number of hydrogen-bond donors (Lipinski definition) is 0.